The lowest BCUT2D eigenvalue weighted by Crippen LogP contribution is -2.53. The van der Waals surface area contributed by atoms with Gasteiger partial charge in [-0.15, -0.1) is 0 Å². The highest BCUT2D eigenvalue weighted by atomic mass is 16.6. The fourth-order valence-electron chi connectivity index (χ4n) is 4.92. The van der Waals surface area contributed by atoms with Crippen molar-refractivity contribution in [1.82, 2.24) is 4.90 Å². The molecule has 1 saturated heterocycles. The van der Waals surface area contributed by atoms with Crippen molar-refractivity contribution >= 4 is 29.5 Å². The lowest BCUT2D eigenvalue weighted by atomic mass is 9.63. The molecular formula is C24H32N2O5. The van der Waals surface area contributed by atoms with E-state index in [-0.39, 0.29) is 30.2 Å². The van der Waals surface area contributed by atoms with E-state index in [0.29, 0.717) is 11.3 Å². The van der Waals surface area contributed by atoms with Gasteiger partial charge in [0, 0.05) is 12.5 Å². The van der Waals surface area contributed by atoms with Crippen LogP contribution in [-0.4, -0.2) is 40.4 Å². The number of likely N-dealkylation sites (tertiary alicyclic amines) is 1. The molecule has 0 saturated carbocycles. The van der Waals surface area contributed by atoms with Crippen molar-refractivity contribution < 1.29 is 23.9 Å². The van der Waals surface area contributed by atoms with Crippen LogP contribution in [0.1, 0.15) is 66.0 Å². The minimum atomic E-state index is -1.32. The Labute approximate surface area is 183 Å². The van der Waals surface area contributed by atoms with Gasteiger partial charge in [-0.1, -0.05) is 31.5 Å². The number of rotatable bonds is 3. The number of fused-ring (bicyclic) bond motifs is 1. The van der Waals surface area contributed by atoms with Gasteiger partial charge in [-0.2, -0.15) is 0 Å². The molecule has 0 N–H and O–H groups in total. The maximum absolute atomic E-state index is 14.0. The highest BCUT2D eigenvalue weighted by molar-refractivity contribution is 6.23. The first-order valence-electron chi connectivity index (χ1n) is 10.8. The first-order chi connectivity index (χ1) is 14.2. The van der Waals surface area contributed by atoms with E-state index in [9.17, 15) is 19.2 Å². The molecule has 31 heavy (non-hydrogen) atoms. The Hall–Kier alpha value is -2.70. The number of amides is 4. The number of aryl methyl sites for hydroxylation is 1. The monoisotopic (exact) mass is 428 g/mol. The van der Waals surface area contributed by atoms with Gasteiger partial charge in [0.15, 0.2) is 0 Å². The molecule has 0 spiro atoms. The van der Waals surface area contributed by atoms with Crippen LogP contribution in [0, 0.1) is 18.8 Å². The molecule has 0 bridgehead atoms. The SMILES string of the molecule is Cc1ccc2c(c1)C(C(C)C)([C@@H]1CC(=O)N(C(C)C)C1=O)C(=O)N2C(=O)OC(C)(C)C. The molecule has 168 valence electrons. The van der Waals surface area contributed by atoms with Gasteiger partial charge in [0.05, 0.1) is 17.0 Å². The molecule has 1 aromatic rings. The topological polar surface area (TPSA) is 84.0 Å². The van der Waals surface area contributed by atoms with Gasteiger partial charge in [0.2, 0.25) is 17.7 Å². The van der Waals surface area contributed by atoms with Crippen molar-refractivity contribution in [3.63, 3.8) is 0 Å². The van der Waals surface area contributed by atoms with Crippen LogP contribution in [-0.2, 0) is 24.5 Å². The van der Waals surface area contributed by atoms with Gasteiger partial charge in [-0.25, -0.2) is 9.69 Å². The van der Waals surface area contributed by atoms with Crippen LogP contribution in [0.25, 0.3) is 0 Å². The van der Waals surface area contributed by atoms with Crippen LogP contribution in [0.15, 0.2) is 18.2 Å². The fourth-order valence-corrected chi connectivity index (χ4v) is 4.92. The molecule has 0 aliphatic carbocycles. The average Bonchev–Trinajstić information content (AvgIpc) is 3.04. The molecule has 2 heterocycles. The molecule has 2 atom stereocenters. The van der Waals surface area contributed by atoms with Gasteiger partial charge in [-0.3, -0.25) is 19.3 Å². The van der Waals surface area contributed by atoms with Crippen LogP contribution in [0.2, 0.25) is 0 Å². The number of hydrogen-bond acceptors (Lipinski definition) is 5. The molecule has 0 aromatic heterocycles. The number of imide groups is 2. The van der Waals surface area contributed by atoms with E-state index >= 15 is 0 Å². The highest BCUT2D eigenvalue weighted by Crippen LogP contribution is 2.54. The number of anilines is 1. The molecule has 3 rings (SSSR count). The zero-order valence-corrected chi connectivity index (χ0v) is 19.6. The van der Waals surface area contributed by atoms with Gasteiger partial charge < -0.3 is 4.74 Å². The summed E-state index contributed by atoms with van der Waals surface area (Å²) in [4.78, 5) is 55.6. The van der Waals surface area contributed by atoms with Crippen molar-refractivity contribution in [1.29, 1.82) is 0 Å². The summed E-state index contributed by atoms with van der Waals surface area (Å²) in [5.41, 5.74) is -0.190. The normalized spacial score (nSPS) is 23.9. The minimum Gasteiger partial charge on any atom is -0.443 e. The summed E-state index contributed by atoms with van der Waals surface area (Å²) in [7, 11) is 0. The van der Waals surface area contributed by atoms with E-state index in [1.807, 2.05) is 32.9 Å². The Morgan fingerprint density at radius 2 is 1.74 bits per heavy atom. The molecule has 1 aromatic carbocycles. The Kier molecular flexibility index (Phi) is 5.53. The molecule has 4 amide bonds. The lowest BCUT2D eigenvalue weighted by molar-refractivity contribution is -0.144. The van der Waals surface area contributed by atoms with Crippen molar-refractivity contribution in [3.05, 3.63) is 29.3 Å². The standard InChI is InChI=1S/C24H32N2O5/c1-13(2)24(17-12-19(27)25(14(3)4)20(17)28)16-11-15(5)9-10-18(16)26(21(24)29)22(30)31-23(6,7)8/h9-11,13-14,17H,12H2,1-8H3/t17-,24?/m1/s1. The average molecular weight is 429 g/mol. The first kappa shape index (κ1) is 23.0. The molecule has 1 unspecified atom stereocenters. The van der Waals surface area contributed by atoms with Gasteiger partial charge in [-0.05, 0) is 59.1 Å². The smallest absolute Gasteiger partial charge is 0.421 e. The number of carbonyl (C=O) groups excluding carboxylic acids is 4. The first-order valence-corrected chi connectivity index (χ1v) is 10.8. The van der Waals surface area contributed by atoms with E-state index in [1.54, 1.807) is 40.7 Å². The zero-order valence-electron chi connectivity index (χ0n) is 19.6. The maximum Gasteiger partial charge on any atom is 0.421 e. The third-order valence-electron chi connectivity index (χ3n) is 6.13. The molecule has 7 nitrogen and oxygen atoms in total. The molecule has 2 aliphatic heterocycles. The Morgan fingerprint density at radius 3 is 2.23 bits per heavy atom. The van der Waals surface area contributed by atoms with Crippen molar-refractivity contribution in [3.8, 4) is 0 Å². The van der Waals surface area contributed by atoms with E-state index in [4.69, 9.17) is 4.74 Å². The largest absolute Gasteiger partial charge is 0.443 e. The second-order valence-electron chi connectivity index (χ2n) is 10.1. The number of hydrogen-bond donors (Lipinski definition) is 0. The Bertz CT molecular complexity index is 959. The summed E-state index contributed by atoms with van der Waals surface area (Å²) >= 11 is 0. The molecular weight excluding hydrogens is 396 g/mol. The zero-order chi connectivity index (χ0) is 23.5. The van der Waals surface area contributed by atoms with Gasteiger partial charge in [0.1, 0.15) is 5.60 Å². The number of benzene rings is 1. The van der Waals surface area contributed by atoms with E-state index in [1.165, 1.54) is 4.90 Å². The van der Waals surface area contributed by atoms with Gasteiger partial charge in [0.25, 0.3) is 0 Å². The number of ether oxygens (including phenoxy) is 1. The van der Waals surface area contributed by atoms with Crippen LogP contribution in [0.5, 0.6) is 0 Å². The summed E-state index contributed by atoms with van der Waals surface area (Å²) in [6.07, 6.45) is -0.834. The highest BCUT2D eigenvalue weighted by Gasteiger charge is 2.64. The van der Waals surface area contributed by atoms with Crippen LogP contribution >= 0.6 is 0 Å². The van der Waals surface area contributed by atoms with Crippen LogP contribution in [0.4, 0.5) is 10.5 Å². The quantitative estimate of drug-likeness (QED) is 0.681. The van der Waals surface area contributed by atoms with E-state index < -0.39 is 28.9 Å². The Morgan fingerprint density at radius 1 is 1.13 bits per heavy atom. The summed E-state index contributed by atoms with van der Waals surface area (Å²) in [5.74, 6) is -2.36. The predicted molar refractivity (Wildman–Crippen MR) is 117 cm³/mol. The Balaban J connectivity index is 2.23. The number of carbonyl (C=O) groups is 4. The lowest BCUT2D eigenvalue weighted by Gasteiger charge is -2.37. The van der Waals surface area contributed by atoms with Crippen molar-refractivity contribution in [2.75, 3.05) is 4.90 Å². The fraction of sp³-hybridized carbons (Fsp3) is 0.583. The van der Waals surface area contributed by atoms with Crippen LogP contribution in [0.3, 0.4) is 0 Å². The summed E-state index contributed by atoms with van der Waals surface area (Å²) in [6, 6.07) is 5.09. The molecule has 7 heteroatoms. The van der Waals surface area contributed by atoms with Crippen LogP contribution < -0.4 is 4.90 Å². The third kappa shape index (κ3) is 3.44. The van der Waals surface area contributed by atoms with Gasteiger partial charge >= 0.3 is 6.09 Å². The molecule has 0 radical (unpaired) electrons. The molecule has 2 aliphatic rings. The summed E-state index contributed by atoms with van der Waals surface area (Å²) < 4.78 is 5.53. The third-order valence-corrected chi connectivity index (χ3v) is 6.13. The van der Waals surface area contributed by atoms with Crippen molar-refractivity contribution in [2.45, 2.75) is 78.9 Å². The summed E-state index contributed by atoms with van der Waals surface area (Å²) in [6.45, 7) is 14.4. The summed E-state index contributed by atoms with van der Waals surface area (Å²) in [5, 5.41) is 0. The second kappa shape index (κ2) is 7.46. The number of nitrogens with zero attached hydrogens (tertiary/aromatic N) is 2. The maximum atomic E-state index is 14.0. The molecule has 1 fully saturated rings. The van der Waals surface area contributed by atoms with E-state index in [0.717, 1.165) is 10.5 Å². The van der Waals surface area contributed by atoms with E-state index in [2.05, 4.69) is 0 Å². The predicted octanol–water partition coefficient (Wildman–Crippen LogP) is 3.95. The second-order valence-corrected chi connectivity index (χ2v) is 10.1. The van der Waals surface area contributed by atoms with Crippen molar-refractivity contribution in [2.24, 2.45) is 11.8 Å². The minimum absolute atomic E-state index is 0.0591.